The summed E-state index contributed by atoms with van der Waals surface area (Å²) in [6.07, 6.45) is 0.705. The summed E-state index contributed by atoms with van der Waals surface area (Å²) in [5.74, 6) is 0.551. The second-order valence-corrected chi connectivity index (χ2v) is 7.60. The molecule has 0 spiro atoms. The van der Waals surface area contributed by atoms with Crippen molar-refractivity contribution in [1.29, 1.82) is 0 Å². The molecule has 0 aromatic heterocycles. The molecule has 92 valence electrons. The highest BCUT2D eigenvalue weighted by Crippen LogP contribution is 2.18. The lowest BCUT2D eigenvalue weighted by Crippen LogP contribution is -2.38. The summed E-state index contributed by atoms with van der Waals surface area (Å²) in [4.78, 5) is 0. The van der Waals surface area contributed by atoms with Crippen molar-refractivity contribution in [2.75, 3.05) is 18.1 Å². The van der Waals surface area contributed by atoms with Gasteiger partial charge in [-0.05, 0) is 25.3 Å². The third-order valence-corrected chi connectivity index (χ3v) is 4.61. The molecule has 0 aliphatic rings. The first kappa shape index (κ1) is 14.9. The number of hydrogen-bond donors (Lipinski definition) is 1. The second-order valence-electron chi connectivity index (χ2n) is 5.13. The zero-order valence-corrected chi connectivity index (χ0v) is 11.4. The van der Waals surface area contributed by atoms with Gasteiger partial charge in [0.05, 0.1) is 5.75 Å². The standard InChI is InChI=1S/C11H25NO2S/c1-6-15(13,14)9-7-8-12-10(2)11(3,4)5/h10,12H,6-9H2,1-5H3. The molecule has 0 radical (unpaired) electrons. The van der Waals surface area contributed by atoms with Crippen molar-refractivity contribution in [2.24, 2.45) is 5.41 Å². The molecule has 15 heavy (non-hydrogen) atoms. The van der Waals surface area contributed by atoms with Gasteiger partial charge in [0, 0.05) is 11.8 Å². The van der Waals surface area contributed by atoms with Gasteiger partial charge in [-0.3, -0.25) is 0 Å². The lowest BCUT2D eigenvalue weighted by atomic mass is 9.88. The van der Waals surface area contributed by atoms with Crippen LogP contribution in [0, 0.1) is 5.41 Å². The summed E-state index contributed by atoms with van der Waals surface area (Å²) < 4.78 is 22.4. The van der Waals surface area contributed by atoms with E-state index in [4.69, 9.17) is 0 Å². The molecule has 0 aromatic carbocycles. The Bertz CT molecular complexity index is 265. The molecule has 0 saturated heterocycles. The van der Waals surface area contributed by atoms with E-state index in [1.165, 1.54) is 0 Å². The van der Waals surface area contributed by atoms with Gasteiger partial charge >= 0.3 is 0 Å². The van der Waals surface area contributed by atoms with Gasteiger partial charge in [-0.1, -0.05) is 27.7 Å². The summed E-state index contributed by atoms with van der Waals surface area (Å²) in [5.41, 5.74) is 0.226. The molecule has 4 heteroatoms. The molecule has 1 N–H and O–H groups in total. The molecule has 0 saturated carbocycles. The van der Waals surface area contributed by atoms with E-state index < -0.39 is 9.84 Å². The van der Waals surface area contributed by atoms with Crippen molar-refractivity contribution in [3.63, 3.8) is 0 Å². The quantitative estimate of drug-likeness (QED) is 0.715. The van der Waals surface area contributed by atoms with Gasteiger partial charge in [0.2, 0.25) is 0 Å². The van der Waals surface area contributed by atoms with E-state index in [9.17, 15) is 8.42 Å². The van der Waals surface area contributed by atoms with Crippen LogP contribution >= 0.6 is 0 Å². The molecular weight excluding hydrogens is 210 g/mol. The molecule has 0 aliphatic heterocycles. The summed E-state index contributed by atoms with van der Waals surface area (Å²) >= 11 is 0. The minimum atomic E-state index is -2.79. The molecule has 0 fully saturated rings. The Hall–Kier alpha value is -0.0900. The van der Waals surface area contributed by atoms with Gasteiger partial charge in [-0.2, -0.15) is 0 Å². The Balaban J connectivity index is 3.74. The molecule has 0 heterocycles. The van der Waals surface area contributed by atoms with Crippen LogP contribution in [0.3, 0.4) is 0 Å². The smallest absolute Gasteiger partial charge is 0.150 e. The highest BCUT2D eigenvalue weighted by molar-refractivity contribution is 7.91. The maximum absolute atomic E-state index is 11.2. The summed E-state index contributed by atoms with van der Waals surface area (Å²) in [6, 6.07) is 0.404. The highest BCUT2D eigenvalue weighted by atomic mass is 32.2. The van der Waals surface area contributed by atoms with Crippen molar-refractivity contribution in [1.82, 2.24) is 5.32 Å². The van der Waals surface area contributed by atoms with Gasteiger partial charge in [-0.15, -0.1) is 0 Å². The number of hydrogen-bond acceptors (Lipinski definition) is 3. The Morgan fingerprint density at radius 3 is 2.20 bits per heavy atom. The van der Waals surface area contributed by atoms with Crippen molar-refractivity contribution >= 4 is 9.84 Å². The first-order chi connectivity index (χ1) is 6.69. The van der Waals surface area contributed by atoms with Crippen LogP contribution in [0.15, 0.2) is 0 Å². The molecule has 0 bridgehead atoms. The molecule has 0 rings (SSSR count). The monoisotopic (exact) mass is 235 g/mol. The van der Waals surface area contributed by atoms with Gasteiger partial charge in [0.15, 0.2) is 0 Å². The average molecular weight is 235 g/mol. The molecule has 3 nitrogen and oxygen atoms in total. The van der Waals surface area contributed by atoms with Crippen LogP contribution in [-0.4, -0.2) is 32.5 Å². The number of nitrogens with one attached hydrogen (secondary N) is 1. The number of sulfone groups is 1. The maximum atomic E-state index is 11.2. The predicted octanol–water partition coefficient (Wildman–Crippen LogP) is 1.84. The van der Waals surface area contributed by atoms with E-state index in [0.29, 0.717) is 18.2 Å². The van der Waals surface area contributed by atoms with E-state index in [1.807, 2.05) is 0 Å². The van der Waals surface area contributed by atoms with Crippen LogP contribution in [0.4, 0.5) is 0 Å². The fourth-order valence-corrected chi connectivity index (χ4v) is 1.93. The maximum Gasteiger partial charge on any atom is 0.150 e. The van der Waals surface area contributed by atoms with Crippen LogP contribution in [0.5, 0.6) is 0 Å². The molecule has 0 amide bonds. The van der Waals surface area contributed by atoms with Crippen molar-refractivity contribution in [3.8, 4) is 0 Å². The topological polar surface area (TPSA) is 46.2 Å². The van der Waals surface area contributed by atoms with Crippen LogP contribution < -0.4 is 5.32 Å². The van der Waals surface area contributed by atoms with Crippen LogP contribution in [0.1, 0.15) is 41.0 Å². The van der Waals surface area contributed by atoms with Gasteiger partial charge in [0.25, 0.3) is 0 Å². The van der Waals surface area contributed by atoms with E-state index in [1.54, 1.807) is 6.92 Å². The largest absolute Gasteiger partial charge is 0.314 e. The first-order valence-electron chi connectivity index (χ1n) is 5.63. The third-order valence-electron chi connectivity index (χ3n) is 2.82. The van der Waals surface area contributed by atoms with E-state index in [2.05, 4.69) is 33.0 Å². The van der Waals surface area contributed by atoms with E-state index in [0.717, 1.165) is 6.54 Å². The minimum Gasteiger partial charge on any atom is -0.314 e. The van der Waals surface area contributed by atoms with Crippen LogP contribution in [-0.2, 0) is 9.84 Å². The van der Waals surface area contributed by atoms with Gasteiger partial charge in [-0.25, -0.2) is 8.42 Å². The summed E-state index contributed by atoms with van der Waals surface area (Å²) in [5, 5.41) is 3.35. The van der Waals surface area contributed by atoms with E-state index >= 15 is 0 Å². The zero-order valence-electron chi connectivity index (χ0n) is 10.6. The summed E-state index contributed by atoms with van der Waals surface area (Å²) in [6.45, 7) is 11.1. The molecule has 1 atom stereocenters. The normalized spacial score (nSPS) is 15.3. The Kier molecular flexibility index (Phi) is 5.81. The molecular formula is C11H25NO2S. The van der Waals surface area contributed by atoms with Crippen molar-refractivity contribution in [2.45, 2.75) is 47.1 Å². The lowest BCUT2D eigenvalue weighted by Gasteiger charge is -2.28. The Labute approximate surface area is 94.6 Å². The summed E-state index contributed by atoms with van der Waals surface area (Å²) in [7, 11) is -2.79. The van der Waals surface area contributed by atoms with Crippen LogP contribution in [0.2, 0.25) is 0 Å². The molecule has 1 unspecified atom stereocenters. The molecule has 0 aliphatic carbocycles. The Morgan fingerprint density at radius 2 is 1.80 bits per heavy atom. The van der Waals surface area contributed by atoms with Crippen molar-refractivity contribution < 1.29 is 8.42 Å². The zero-order chi connectivity index (χ0) is 12.1. The van der Waals surface area contributed by atoms with Gasteiger partial charge < -0.3 is 5.32 Å². The number of rotatable bonds is 6. The lowest BCUT2D eigenvalue weighted by molar-refractivity contribution is 0.287. The predicted molar refractivity (Wildman–Crippen MR) is 65.9 cm³/mol. The van der Waals surface area contributed by atoms with Gasteiger partial charge in [0.1, 0.15) is 9.84 Å². The fraction of sp³-hybridized carbons (Fsp3) is 1.00. The SMILES string of the molecule is CCS(=O)(=O)CCCNC(C)C(C)(C)C. The van der Waals surface area contributed by atoms with Crippen LogP contribution in [0.25, 0.3) is 0 Å². The third kappa shape index (κ3) is 6.90. The van der Waals surface area contributed by atoms with Crippen molar-refractivity contribution in [3.05, 3.63) is 0 Å². The minimum absolute atomic E-state index is 0.226. The highest BCUT2D eigenvalue weighted by Gasteiger charge is 2.18. The van der Waals surface area contributed by atoms with E-state index in [-0.39, 0.29) is 11.2 Å². The first-order valence-corrected chi connectivity index (χ1v) is 7.45. The fourth-order valence-electron chi connectivity index (χ4n) is 1.06. The second kappa shape index (κ2) is 5.85. The molecule has 0 aromatic rings. The average Bonchev–Trinajstić information content (AvgIpc) is 2.10. The Morgan fingerprint density at radius 1 is 1.27 bits per heavy atom.